The van der Waals surface area contributed by atoms with E-state index in [9.17, 15) is 0 Å². The first kappa shape index (κ1) is 13.3. The summed E-state index contributed by atoms with van der Waals surface area (Å²) in [6.45, 7) is 4.57. The molecule has 0 heterocycles. The number of thiocarbonyl (C=S) groups is 1. The molecule has 0 rings (SSSR count). The van der Waals surface area contributed by atoms with E-state index in [-0.39, 0.29) is 6.61 Å². The zero-order chi connectivity index (χ0) is 9.94. The highest BCUT2D eigenvalue weighted by Gasteiger charge is 1.94. The monoisotopic (exact) mass is 224 g/mol. The maximum Gasteiger partial charge on any atom is 0.0842 e. The number of thioether (sulfide) groups is 1. The van der Waals surface area contributed by atoms with Crippen molar-refractivity contribution in [3.8, 4) is 0 Å². The summed E-state index contributed by atoms with van der Waals surface area (Å²) in [7, 11) is 0. The Labute approximate surface area is 88.8 Å². The van der Waals surface area contributed by atoms with E-state index in [0.29, 0.717) is 24.0 Å². The van der Waals surface area contributed by atoms with Gasteiger partial charge in [0.05, 0.1) is 30.6 Å². The number of rotatable bonds is 8. The molecule has 0 aliphatic rings. The average Bonchev–Trinajstić information content (AvgIpc) is 2.16. The van der Waals surface area contributed by atoms with Crippen molar-refractivity contribution in [2.75, 3.05) is 38.8 Å². The topological polar surface area (TPSA) is 38.7 Å². The van der Waals surface area contributed by atoms with Crippen LogP contribution in [0.3, 0.4) is 0 Å². The summed E-state index contributed by atoms with van der Waals surface area (Å²) in [6, 6.07) is 0. The predicted molar refractivity (Wildman–Crippen MR) is 59.5 cm³/mol. The van der Waals surface area contributed by atoms with Gasteiger partial charge in [-0.25, -0.2) is 0 Å². The van der Waals surface area contributed by atoms with Gasteiger partial charge < -0.3 is 14.6 Å². The normalized spacial score (nSPS) is 10.3. The maximum atomic E-state index is 8.58. The lowest BCUT2D eigenvalue weighted by Gasteiger charge is -2.03. The van der Waals surface area contributed by atoms with Gasteiger partial charge in [0.25, 0.3) is 0 Å². The van der Waals surface area contributed by atoms with Crippen LogP contribution in [0.25, 0.3) is 0 Å². The van der Waals surface area contributed by atoms with Crippen LogP contribution in [0.1, 0.15) is 6.92 Å². The van der Waals surface area contributed by atoms with Crippen LogP contribution >= 0.6 is 24.0 Å². The Morgan fingerprint density at radius 1 is 1.31 bits per heavy atom. The lowest BCUT2D eigenvalue weighted by molar-refractivity contribution is 0.0595. The van der Waals surface area contributed by atoms with Crippen molar-refractivity contribution in [2.45, 2.75) is 6.92 Å². The molecule has 0 aliphatic carbocycles. The molecular formula is C8H16O3S2. The van der Waals surface area contributed by atoms with Crippen LogP contribution in [0.2, 0.25) is 0 Å². The average molecular weight is 224 g/mol. The molecule has 1 N–H and O–H groups in total. The van der Waals surface area contributed by atoms with E-state index in [1.54, 1.807) is 0 Å². The fraction of sp³-hybridized carbons (Fsp3) is 0.875. The molecule has 0 spiro atoms. The molecule has 0 saturated carbocycles. The molecule has 0 radical (unpaired) electrons. The van der Waals surface area contributed by atoms with Gasteiger partial charge in [0.2, 0.25) is 0 Å². The van der Waals surface area contributed by atoms with Crippen LogP contribution in [0.15, 0.2) is 0 Å². The summed E-state index contributed by atoms with van der Waals surface area (Å²) in [6.07, 6.45) is 0. The maximum absolute atomic E-state index is 8.58. The molecule has 3 nitrogen and oxygen atoms in total. The van der Waals surface area contributed by atoms with Crippen LogP contribution in [-0.4, -0.2) is 48.1 Å². The summed E-state index contributed by atoms with van der Waals surface area (Å²) in [4.78, 5) is 0. The first-order valence-electron chi connectivity index (χ1n) is 4.23. The minimum Gasteiger partial charge on any atom is -0.390 e. The molecule has 0 bridgehead atoms. The number of hydrogen-bond acceptors (Lipinski definition) is 5. The fourth-order valence-corrected chi connectivity index (χ4v) is 1.39. The molecule has 0 amide bonds. The molecule has 78 valence electrons. The van der Waals surface area contributed by atoms with Crippen molar-refractivity contribution in [2.24, 2.45) is 0 Å². The fourth-order valence-electron chi connectivity index (χ4n) is 0.624. The highest BCUT2D eigenvalue weighted by molar-refractivity contribution is 8.23. The number of ether oxygens (including phenoxy) is 2. The molecule has 0 aromatic rings. The number of aliphatic hydroxyl groups is 1. The molecular weight excluding hydrogens is 208 g/mol. The largest absolute Gasteiger partial charge is 0.390 e. The molecule has 0 aromatic heterocycles. The van der Waals surface area contributed by atoms with Gasteiger partial charge in [-0.15, -0.1) is 11.8 Å². The van der Waals surface area contributed by atoms with Gasteiger partial charge in [0.15, 0.2) is 0 Å². The minimum atomic E-state index is -0.0288. The third-order valence-electron chi connectivity index (χ3n) is 1.20. The van der Waals surface area contributed by atoms with E-state index < -0.39 is 0 Å². The Bertz CT molecular complexity index is 131. The molecule has 0 fully saturated rings. The lowest BCUT2D eigenvalue weighted by atomic mass is 10.7. The lowest BCUT2D eigenvalue weighted by Crippen LogP contribution is -2.07. The zero-order valence-electron chi connectivity index (χ0n) is 7.82. The van der Waals surface area contributed by atoms with Crippen LogP contribution in [-0.2, 0) is 9.47 Å². The summed E-state index contributed by atoms with van der Waals surface area (Å²) in [5.74, 6) is 0.797. The Hall–Kier alpha value is 0.320. The second-order valence-electron chi connectivity index (χ2n) is 2.19. The molecule has 13 heavy (non-hydrogen) atoms. The summed E-state index contributed by atoms with van der Waals surface area (Å²) in [5, 5.41) is 8.58. The van der Waals surface area contributed by atoms with Gasteiger partial charge in [-0.3, -0.25) is 0 Å². The number of hydrogen-bond donors (Lipinski definition) is 1. The second kappa shape index (κ2) is 10.4. The van der Waals surface area contributed by atoms with E-state index in [0.717, 1.165) is 12.4 Å². The summed E-state index contributed by atoms with van der Waals surface area (Å²) in [5.41, 5.74) is 0. The van der Waals surface area contributed by atoms with Crippen molar-refractivity contribution >= 4 is 28.2 Å². The Morgan fingerprint density at radius 2 is 2.00 bits per heavy atom. The third kappa shape index (κ3) is 10.2. The van der Waals surface area contributed by atoms with Crippen molar-refractivity contribution in [3.63, 3.8) is 0 Å². The molecule has 0 unspecified atom stereocenters. The van der Waals surface area contributed by atoms with Gasteiger partial charge in [-0.1, -0.05) is 12.2 Å². The predicted octanol–water partition coefficient (Wildman–Crippen LogP) is 1.09. The van der Waals surface area contributed by atoms with Crippen LogP contribution in [0, 0.1) is 0 Å². The smallest absolute Gasteiger partial charge is 0.0842 e. The summed E-state index contributed by atoms with van der Waals surface area (Å²) < 4.78 is 10.9. The minimum absolute atomic E-state index is 0.0288. The van der Waals surface area contributed by atoms with E-state index in [2.05, 4.69) is 0 Å². The Morgan fingerprint density at radius 3 is 2.62 bits per heavy atom. The van der Waals surface area contributed by atoms with Crippen LogP contribution < -0.4 is 0 Å². The van der Waals surface area contributed by atoms with Gasteiger partial charge in [-0.2, -0.15) is 0 Å². The van der Waals surface area contributed by atoms with Crippen LogP contribution in [0.5, 0.6) is 0 Å². The first-order valence-corrected chi connectivity index (χ1v) is 5.62. The second-order valence-corrected chi connectivity index (χ2v) is 4.13. The highest BCUT2D eigenvalue weighted by Crippen LogP contribution is 2.02. The van der Waals surface area contributed by atoms with Crippen molar-refractivity contribution in [1.29, 1.82) is 0 Å². The van der Waals surface area contributed by atoms with E-state index in [4.69, 9.17) is 26.8 Å². The highest BCUT2D eigenvalue weighted by atomic mass is 32.2. The van der Waals surface area contributed by atoms with Crippen molar-refractivity contribution in [1.82, 2.24) is 0 Å². The third-order valence-corrected chi connectivity index (χ3v) is 2.50. The zero-order valence-corrected chi connectivity index (χ0v) is 9.46. The van der Waals surface area contributed by atoms with Gasteiger partial charge in [0.1, 0.15) is 0 Å². The van der Waals surface area contributed by atoms with E-state index >= 15 is 0 Å². The van der Waals surface area contributed by atoms with Crippen molar-refractivity contribution < 1.29 is 14.6 Å². The number of aliphatic hydroxyl groups excluding tert-OH is 1. The molecule has 5 heteroatoms. The SMILES string of the molecule is CCOCCOCCSC(=S)CO. The quantitative estimate of drug-likeness (QED) is 0.493. The first-order chi connectivity index (χ1) is 6.31. The molecule has 0 atom stereocenters. The molecule has 0 aliphatic heterocycles. The van der Waals surface area contributed by atoms with Gasteiger partial charge in [-0.05, 0) is 6.92 Å². The van der Waals surface area contributed by atoms with E-state index in [1.165, 1.54) is 11.8 Å². The van der Waals surface area contributed by atoms with Gasteiger partial charge in [0, 0.05) is 12.4 Å². The molecule has 0 aromatic carbocycles. The standard InChI is InChI=1S/C8H16O3S2/c1-2-10-3-4-11-5-6-13-8(12)7-9/h9H,2-7H2,1H3. The van der Waals surface area contributed by atoms with Crippen LogP contribution in [0.4, 0.5) is 0 Å². The molecule has 0 saturated heterocycles. The van der Waals surface area contributed by atoms with Gasteiger partial charge >= 0.3 is 0 Å². The van der Waals surface area contributed by atoms with E-state index in [1.807, 2.05) is 6.92 Å². The van der Waals surface area contributed by atoms with Crippen molar-refractivity contribution in [3.05, 3.63) is 0 Å². The Kier molecular flexibility index (Phi) is 10.7. The summed E-state index contributed by atoms with van der Waals surface area (Å²) >= 11 is 6.26. The Balaban J connectivity index is 2.95.